The lowest BCUT2D eigenvalue weighted by Crippen LogP contribution is -2.38. The first-order valence-electron chi connectivity index (χ1n) is 9.40. The summed E-state index contributed by atoms with van der Waals surface area (Å²) in [6.07, 6.45) is -2.61. The van der Waals surface area contributed by atoms with Crippen molar-refractivity contribution in [2.24, 2.45) is 0 Å². The molecule has 31 heavy (non-hydrogen) atoms. The Bertz CT molecular complexity index is 1080. The molecule has 1 fully saturated rings. The molecule has 0 saturated carbocycles. The number of aliphatic hydroxyl groups excluding tert-OH is 1. The second-order valence-corrected chi connectivity index (χ2v) is 8.94. The van der Waals surface area contributed by atoms with Gasteiger partial charge in [-0.05, 0) is 43.2 Å². The van der Waals surface area contributed by atoms with Crippen LogP contribution in [0.25, 0.3) is 0 Å². The van der Waals surface area contributed by atoms with Crippen LogP contribution in [0.1, 0.15) is 23.2 Å². The largest absolute Gasteiger partial charge is 0.495 e. The summed E-state index contributed by atoms with van der Waals surface area (Å²) in [5, 5.41) is 12.0. The molecule has 2 unspecified atom stereocenters. The first kappa shape index (κ1) is 23.0. The van der Waals surface area contributed by atoms with Crippen molar-refractivity contribution < 1.29 is 36.2 Å². The van der Waals surface area contributed by atoms with Crippen LogP contribution in [0.4, 0.5) is 18.9 Å². The first-order chi connectivity index (χ1) is 14.6. The van der Waals surface area contributed by atoms with Crippen LogP contribution in [0.3, 0.4) is 0 Å². The molecule has 2 aromatic rings. The van der Waals surface area contributed by atoms with Crippen molar-refractivity contribution in [2.45, 2.75) is 30.0 Å². The molecule has 1 heterocycles. The Hall–Kier alpha value is -2.63. The summed E-state index contributed by atoms with van der Waals surface area (Å²) in [6, 6.07) is 6.43. The summed E-state index contributed by atoms with van der Waals surface area (Å²) >= 11 is 0. The van der Waals surface area contributed by atoms with Crippen LogP contribution in [0, 0.1) is 11.6 Å². The molecule has 1 aliphatic rings. The summed E-state index contributed by atoms with van der Waals surface area (Å²) in [7, 11) is -3.01. The fourth-order valence-electron chi connectivity index (χ4n) is 3.22. The second kappa shape index (κ2) is 9.25. The Kier molecular flexibility index (Phi) is 6.87. The van der Waals surface area contributed by atoms with E-state index in [0.29, 0.717) is 0 Å². The van der Waals surface area contributed by atoms with Gasteiger partial charge in [0.25, 0.3) is 5.91 Å². The van der Waals surface area contributed by atoms with Gasteiger partial charge in [-0.15, -0.1) is 0 Å². The highest BCUT2D eigenvalue weighted by molar-refractivity contribution is 7.89. The van der Waals surface area contributed by atoms with Crippen molar-refractivity contribution in [3.63, 3.8) is 0 Å². The second-order valence-electron chi connectivity index (χ2n) is 7.04. The topological polar surface area (TPSA) is 95.9 Å². The smallest absolute Gasteiger partial charge is 0.255 e. The van der Waals surface area contributed by atoms with Gasteiger partial charge in [0.05, 0.1) is 13.2 Å². The number of rotatable bonds is 5. The van der Waals surface area contributed by atoms with Gasteiger partial charge < -0.3 is 15.2 Å². The molecule has 168 valence electrons. The summed E-state index contributed by atoms with van der Waals surface area (Å²) in [5.74, 6) is -3.05. The number of halogens is 3. The van der Waals surface area contributed by atoms with Gasteiger partial charge in [0.2, 0.25) is 10.0 Å². The van der Waals surface area contributed by atoms with E-state index in [4.69, 9.17) is 4.74 Å². The highest BCUT2D eigenvalue weighted by atomic mass is 32.2. The maximum Gasteiger partial charge on any atom is 0.255 e. The number of hydrogen-bond donors (Lipinski definition) is 2. The number of aliphatic hydroxyl groups is 1. The van der Waals surface area contributed by atoms with Gasteiger partial charge in [-0.25, -0.2) is 21.6 Å². The van der Waals surface area contributed by atoms with Gasteiger partial charge in [0.1, 0.15) is 16.8 Å². The van der Waals surface area contributed by atoms with E-state index in [0.717, 1.165) is 28.6 Å². The molecule has 1 aliphatic heterocycles. The maximum absolute atomic E-state index is 14.1. The van der Waals surface area contributed by atoms with E-state index in [1.54, 1.807) is 0 Å². The number of hydrogen-bond acceptors (Lipinski definition) is 5. The van der Waals surface area contributed by atoms with E-state index < -0.39 is 46.4 Å². The predicted octanol–water partition coefficient (Wildman–Crippen LogP) is 2.71. The molecule has 0 radical (unpaired) electrons. The monoisotopic (exact) mass is 458 g/mol. The van der Waals surface area contributed by atoms with Crippen molar-refractivity contribution in [1.29, 1.82) is 0 Å². The number of carbonyl (C=O) groups excluding carboxylic acids is 1. The molecular formula is C20H21F3N2O5S. The van der Waals surface area contributed by atoms with Gasteiger partial charge in [0.15, 0.2) is 11.6 Å². The van der Waals surface area contributed by atoms with Gasteiger partial charge in [-0.1, -0.05) is 0 Å². The number of amides is 1. The van der Waals surface area contributed by atoms with Crippen molar-refractivity contribution >= 4 is 21.6 Å². The first-order valence-corrected chi connectivity index (χ1v) is 10.8. The average molecular weight is 458 g/mol. The number of methoxy groups -OCH3 is 1. The lowest BCUT2D eigenvalue weighted by molar-refractivity contribution is 0.0732. The number of sulfonamides is 1. The van der Waals surface area contributed by atoms with Gasteiger partial charge >= 0.3 is 0 Å². The number of benzene rings is 2. The molecule has 1 saturated heterocycles. The zero-order valence-electron chi connectivity index (χ0n) is 16.5. The molecule has 2 N–H and O–H groups in total. The molecule has 7 nitrogen and oxygen atoms in total. The number of nitrogens with zero attached hydrogens (tertiary/aromatic N) is 1. The van der Waals surface area contributed by atoms with E-state index in [9.17, 15) is 31.5 Å². The third kappa shape index (κ3) is 5.00. The van der Waals surface area contributed by atoms with Crippen LogP contribution in [0.2, 0.25) is 0 Å². The van der Waals surface area contributed by atoms with Gasteiger partial charge in [0, 0.05) is 30.4 Å². The molecule has 0 aromatic heterocycles. The van der Waals surface area contributed by atoms with E-state index in [-0.39, 0.29) is 41.3 Å². The number of nitrogens with one attached hydrogen (secondary N) is 1. The molecule has 11 heteroatoms. The zero-order valence-corrected chi connectivity index (χ0v) is 17.3. The quantitative estimate of drug-likeness (QED) is 0.719. The maximum atomic E-state index is 14.1. The summed E-state index contributed by atoms with van der Waals surface area (Å²) in [6.45, 7) is -0.536. The van der Waals surface area contributed by atoms with Crippen molar-refractivity contribution in [1.82, 2.24) is 4.31 Å². The molecule has 2 aromatic carbocycles. The minimum absolute atomic E-state index is 0.00571. The summed E-state index contributed by atoms with van der Waals surface area (Å²) < 4.78 is 72.9. The molecule has 0 aliphatic carbocycles. The minimum Gasteiger partial charge on any atom is -0.495 e. The molecule has 0 spiro atoms. The van der Waals surface area contributed by atoms with Crippen LogP contribution in [0.5, 0.6) is 5.75 Å². The van der Waals surface area contributed by atoms with Crippen LogP contribution in [0.15, 0.2) is 41.3 Å². The van der Waals surface area contributed by atoms with Crippen LogP contribution >= 0.6 is 0 Å². The SMILES string of the molecule is COc1ccc(C(=O)Nc2ccc(F)c(F)c2)cc1S(=O)(=O)N1CCCC(O)C(F)C1. The Labute approximate surface area is 177 Å². The number of ether oxygens (including phenoxy) is 1. The highest BCUT2D eigenvalue weighted by Gasteiger charge is 2.34. The minimum atomic E-state index is -4.26. The van der Waals surface area contributed by atoms with Crippen LogP contribution < -0.4 is 10.1 Å². The summed E-state index contributed by atoms with van der Waals surface area (Å²) in [5.41, 5.74) is -0.110. The van der Waals surface area contributed by atoms with Crippen LogP contribution in [-0.4, -0.2) is 56.2 Å². The van der Waals surface area contributed by atoms with E-state index in [1.807, 2.05) is 0 Å². The van der Waals surface area contributed by atoms with Crippen LogP contribution in [-0.2, 0) is 10.0 Å². The van der Waals surface area contributed by atoms with Crippen molar-refractivity contribution in [3.05, 3.63) is 53.6 Å². The van der Waals surface area contributed by atoms with E-state index in [2.05, 4.69) is 5.32 Å². The number of carbonyl (C=O) groups is 1. The normalized spacial score (nSPS) is 20.2. The van der Waals surface area contributed by atoms with Crippen molar-refractivity contribution in [3.8, 4) is 5.75 Å². The molecular weight excluding hydrogens is 437 g/mol. The third-order valence-electron chi connectivity index (χ3n) is 4.92. The lowest BCUT2D eigenvalue weighted by atomic mass is 10.1. The Morgan fingerprint density at radius 2 is 1.94 bits per heavy atom. The zero-order chi connectivity index (χ0) is 22.8. The number of anilines is 1. The molecule has 0 bridgehead atoms. The number of alkyl halides is 1. The van der Waals surface area contributed by atoms with Crippen molar-refractivity contribution in [2.75, 3.05) is 25.5 Å². The Balaban J connectivity index is 1.92. The van der Waals surface area contributed by atoms with Gasteiger partial charge in [-0.2, -0.15) is 4.31 Å². The third-order valence-corrected chi connectivity index (χ3v) is 6.81. The van der Waals surface area contributed by atoms with Gasteiger partial charge in [-0.3, -0.25) is 4.79 Å². The molecule has 3 rings (SSSR count). The fourth-order valence-corrected chi connectivity index (χ4v) is 4.89. The highest BCUT2D eigenvalue weighted by Crippen LogP contribution is 2.30. The Morgan fingerprint density at radius 3 is 2.61 bits per heavy atom. The van der Waals surface area contributed by atoms with E-state index >= 15 is 0 Å². The summed E-state index contributed by atoms with van der Waals surface area (Å²) in [4.78, 5) is 12.2. The molecule has 2 atom stereocenters. The predicted molar refractivity (Wildman–Crippen MR) is 106 cm³/mol. The molecule has 1 amide bonds. The standard InChI is InChI=1S/C20H21F3N2O5S/c1-30-18-7-4-12(20(27)24-13-5-6-14(21)15(22)10-13)9-19(18)31(28,29)25-8-2-3-17(26)16(23)11-25/h4-7,9-10,16-17,26H,2-3,8,11H2,1H3,(H,24,27). The van der Waals surface area contributed by atoms with E-state index in [1.165, 1.54) is 19.2 Å². The lowest BCUT2D eigenvalue weighted by Gasteiger charge is -2.23. The fraction of sp³-hybridized carbons (Fsp3) is 0.350. The Morgan fingerprint density at radius 1 is 1.19 bits per heavy atom. The average Bonchev–Trinajstić information content (AvgIpc) is 2.91.